The third kappa shape index (κ3) is 2.64. The molecule has 1 aliphatic rings. The van der Waals surface area contributed by atoms with Crippen molar-refractivity contribution in [1.29, 1.82) is 0 Å². The highest BCUT2D eigenvalue weighted by Gasteiger charge is 2.24. The smallest absolute Gasteiger partial charge is 0.164 e. The van der Waals surface area contributed by atoms with Crippen LogP contribution in [0.2, 0.25) is 0 Å². The van der Waals surface area contributed by atoms with Gasteiger partial charge in [0, 0.05) is 18.0 Å². The number of Topliss-reactive ketones (excluding diaryl/α,β-unsaturated/α-hetero) is 1. The molecule has 2 rings (SSSR count). The summed E-state index contributed by atoms with van der Waals surface area (Å²) >= 11 is 0. The van der Waals surface area contributed by atoms with Crippen LogP contribution in [0.5, 0.6) is 11.5 Å². The van der Waals surface area contributed by atoms with Crippen LogP contribution in [0, 0.1) is 0 Å². The lowest BCUT2D eigenvalue weighted by Gasteiger charge is -2.14. The zero-order chi connectivity index (χ0) is 13.1. The molecule has 98 valence electrons. The van der Waals surface area contributed by atoms with E-state index in [1.807, 2.05) is 12.1 Å². The molecule has 0 bridgehead atoms. The first-order chi connectivity index (χ1) is 8.61. The summed E-state index contributed by atoms with van der Waals surface area (Å²) < 4.78 is 11.0. The Morgan fingerprint density at radius 3 is 2.89 bits per heavy atom. The number of nitrogens with two attached hydrogens (primary N) is 1. The van der Waals surface area contributed by atoms with E-state index in [2.05, 4.69) is 0 Å². The molecule has 0 aliphatic heterocycles. The molecule has 2 N–H and O–H groups in total. The first-order valence-electron chi connectivity index (χ1n) is 6.18. The minimum Gasteiger partial charge on any atom is -0.493 e. The topological polar surface area (TPSA) is 61.5 Å². The fourth-order valence-electron chi connectivity index (χ4n) is 2.29. The predicted molar refractivity (Wildman–Crippen MR) is 69.2 cm³/mol. The fraction of sp³-hybridized carbons (Fsp3) is 0.500. The molecule has 1 atom stereocenters. The summed E-state index contributed by atoms with van der Waals surface area (Å²) in [5.74, 6) is 1.59. The van der Waals surface area contributed by atoms with Crippen LogP contribution in [0.1, 0.15) is 24.5 Å². The molecule has 1 aliphatic carbocycles. The van der Waals surface area contributed by atoms with Gasteiger partial charge in [-0.2, -0.15) is 0 Å². The number of ketones is 1. The van der Waals surface area contributed by atoms with Crippen molar-refractivity contribution in [3.8, 4) is 11.5 Å². The Hall–Kier alpha value is -1.55. The number of benzene rings is 1. The minimum atomic E-state index is 0.123. The molecule has 1 aromatic carbocycles. The number of rotatable bonds is 5. The molecule has 0 spiro atoms. The number of methoxy groups -OCH3 is 1. The number of hydrogen-bond donors (Lipinski definition) is 1. The highest BCUT2D eigenvalue weighted by molar-refractivity contribution is 5.75. The molecule has 4 heteroatoms. The number of carbonyl (C=O) groups excluding carboxylic acids is 1. The lowest BCUT2D eigenvalue weighted by molar-refractivity contribution is -0.117. The normalized spacial score (nSPS) is 17.4. The number of carbonyl (C=O) groups is 1. The second-order valence-electron chi connectivity index (χ2n) is 4.70. The van der Waals surface area contributed by atoms with Gasteiger partial charge in [-0.05, 0) is 31.4 Å². The van der Waals surface area contributed by atoms with Crippen LogP contribution in [0.4, 0.5) is 0 Å². The average molecular weight is 249 g/mol. The Labute approximate surface area is 107 Å². The second-order valence-corrected chi connectivity index (χ2v) is 4.70. The zero-order valence-corrected chi connectivity index (χ0v) is 10.9. The summed E-state index contributed by atoms with van der Waals surface area (Å²) in [5.41, 5.74) is 8.33. The van der Waals surface area contributed by atoms with E-state index >= 15 is 0 Å². The Balaban J connectivity index is 2.21. The largest absolute Gasteiger partial charge is 0.493 e. The predicted octanol–water partition coefficient (Wildman–Crippen LogP) is 1.48. The SMILES string of the molecule is COc1ccc2c(c1OCCC(C)=O)CC(N)C2. The molecule has 0 fully saturated rings. The maximum Gasteiger partial charge on any atom is 0.164 e. The molecule has 1 aromatic rings. The minimum absolute atomic E-state index is 0.123. The third-order valence-electron chi connectivity index (χ3n) is 3.19. The third-order valence-corrected chi connectivity index (χ3v) is 3.19. The zero-order valence-electron chi connectivity index (χ0n) is 10.9. The molecule has 0 amide bonds. The van der Waals surface area contributed by atoms with Crippen molar-refractivity contribution in [2.24, 2.45) is 5.73 Å². The van der Waals surface area contributed by atoms with E-state index < -0.39 is 0 Å². The van der Waals surface area contributed by atoms with Crippen LogP contribution in [-0.2, 0) is 17.6 Å². The number of hydrogen-bond acceptors (Lipinski definition) is 4. The van der Waals surface area contributed by atoms with Gasteiger partial charge in [-0.15, -0.1) is 0 Å². The van der Waals surface area contributed by atoms with E-state index in [0.29, 0.717) is 18.8 Å². The van der Waals surface area contributed by atoms with Crippen LogP contribution in [0.25, 0.3) is 0 Å². The van der Waals surface area contributed by atoms with Gasteiger partial charge in [-0.25, -0.2) is 0 Å². The van der Waals surface area contributed by atoms with Crippen molar-refractivity contribution in [2.45, 2.75) is 32.2 Å². The first-order valence-corrected chi connectivity index (χ1v) is 6.18. The van der Waals surface area contributed by atoms with Crippen LogP contribution >= 0.6 is 0 Å². The number of fused-ring (bicyclic) bond motifs is 1. The first kappa shape index (κ1) is 12.9. The average Bonchev–Trinajstić information content (AvgIpc) is 2.69. The molecular formula is C14H19NO3. The Bertz CT molecular complexity index is 457. The number of ether oxygens (including phenoxy) is 2. The second kappa shape index (κ2) is 5.40. The van der Waals surface area contributed by atoms with Crippen molar-refractivity contribution in [1.82, 2.24) is 0 Å². The van der Waals surface area contributed by atoms with Crippen molar-refractivity contribution in [3.63, 3.8) is 0 Å². The summed E-state index contributed by atoms with van der Waals surface area (Å²) in [6.07, 6.45) is 2.10. The summed E-state index contributed by atoms with van der Waals surface area (Å²) in [6.45, 7) is 1.95. The van der Waals surface area contributed by atoms with Gasteiger partial charge >= 0.3 is 0 Å². The Kier molecular flexibility index (Phi) is 3.87. The van der Waals surface area contributed by atoms with Crippen molar-refractivity contribution in [3.05, 3.63) is 23.3 Å². The van der Waals surface area contributed by atoms with Gasteiger partial charge in [-0.1, -0.05) is 6.07 Å². The molecule has 18 heavy (non-hydrogen) atoms. The van der Waals surface area contributed by atoms with Crippen LogP contribution in [0.3, 0.4) is 0 Å². The lowest BCUT2D eigenvalue weighted by atomic mass is 10.1. The standard InChI is InChI=1S/C14H19NO3/c1-9(16)5-6-18-14-12-8-11(15)7-10(12)3-4-13(14)17-2/h3-4,11H,5-8,15H2,1-2H3. The quantitative estimate of drug-likeness (QED) is 0.858. The molecule has 0 radical (unpaired) electrons. The van der Waals surface area contributed by atoms with E-state index in [-0.39, 0.29) is 11.8 Å². The molecule has 0 aromatic heterocycles. The molecule has 1 unspecified atom stereocenters. The van der Waals surface area contributed by atoms with Crippen LogP contribution in [-0.4, -0.2) is 25.5 Å². The maximum absolute atomic E-state index is 10.9. The van der Waals surface area contributed by atoms with E-state index in [1.54, 1.807) is 14.0 Å². The van der Waals surface area contributed by atoms with Gasteiger partial charge in [0.1, 0.15) is 5.78 Å². The van der Waals surface area contributed by atoms with Crippen LogP contribution < -0.4 is 15.2 Å². The van der Waals surface area contributed by atoms with Crippen LogP contribution in [0.15, 0.2) is 12.1 Å². The monoisotopic (exact) mass is 249 g/mol. The van der Waals surface area contributed by atoms with Gasteiger partial charge in [0.05, 0.1) is 13.7 Å². The van der Waals surface area contributed by atoms with Gasteiger partial charge < -0.3 is 15.2 Å². The van der Waals surface area contributed by atoms with E-state index in [4.69, 9.17) is 15.2 Å². The molecule has 0 heterocycles. The summed E-state index contributed by atoms with van der Waals surface area (Å²) in [5, 5.41) is 0. The fourth-order valence-corrected chi connectivity index (χ4v) is 2.29. The highest BCUT2D eigenvalue weighted by Crippen LogP contribution is 2.38. The Morgan fingerprint density at radius 2 is 2.22 bits per heavy atom. The van der Waals surface area contributed by atoms with Gasteiger partial charge in [0.15, 0.2) is 11.5 Å². The van der Waals surface area contributed by atoms with Crippen molar-refractivity contribution in [2.75, 3.05) is 13.7 Å². The summed E-state index contributed by atoms with van der Waals surface area (Å²) in [7, 11) is 1.62. The van der Waals surface area contributed by atoms with E-state index in [9.17, 15) is 4.79 Å². The van der Waals surface area contributed by atoms with Gasteiger partial charge in [-0.3, -0.25) is 4.79 Å². The lowest BCUT2D eigenvalue weighted by Crippen LogP contribution is -2.19. The Morgan fingerprint density at radius 1 is 1.44 bits per heavy atom. The highest BCUT2D eigenvalue weighted by atomic mass is 16.5. The molecule has 4 nitrogen and oxygen atoms in total. The summed E-state index contributed by atoms with van der Waals surface area (Å²) in [4.78, 5) is 10.9. The van der Waals surface area contributed by atoms with E-state index in [0.717, 1.165) is 24.2 Å². The summed E-state index contributed by atoms with van der Waals surface area (Å²) in [6, 6.07) is 4.10. The molecule has 0 saturated carbocycles. The van der Waals surface area contributed by atoms with Crippen molar-refractivity contribution >= 4 is 5.78 Å². The van der Waals surface area contributed by atoms with Gasteiger partial charge in [0.2, 0.25) is 0 Å². The van der Waals surface area contributed by atoms with Gasteiger partial charge in [0.25, 0.3) is 0 Å². The van der Waals surface area contributed by atoms with E-state index in [1.165, 1.54) is 5.56 Å². The maximum atomic E-state index is 10.9. The molecular weight excluding hydrogens is 230 g/mol. The molecule has 0 saturated heterocycles. The van der Waals surface area contributed by atoms with Crippen molar-refractivity contribution < 1.29 is 14.3 Å².